The number of piperidine rings is 1. The molecule has 0 radical (unpaired) electrons. The van der Waals surface area contributed by atoms with E-state index in [0.717, 1.165) is 12.6 Å². The standard InChI is InChI=1S/C18H27N3/c1-14-12-20-9-5-4-7-16(20)13-21(14)17-10-15-6-2-3-8-18(15)19-11-17/h2-3,6,8,14,16-17,19H,4-5,7,9-13H2,1H3. The molecule has 0 aliphatic carbocycles. The Morgan fingerprint density at radius 3 is 2.95 bits per heavy atom. The van der Waals surface area contributed by atoms with Crippen molar-refractivity contribution in [3.05, 3.63) is 29.8 Å². The van der Waals surface area contributed by atoms with Crippen LogP contribution >= 0.6 is 0 Å². The molecule has 3 unspecified atom stereocenters. The minimum Gasteiger partial charge on any atom is -0.383 e. The average molecular weight is 285 g/mol. The van der Waals surface area contributed by atoms with Crippen LogP contribution in [0.5, 0.6) is 0 Å². The second-order valence-corrected chi connectivity index (χ2v) is 7.09. The van der Waals surface area contributed by atoms with Gasteiger partial charge in [-0.1, -0.05) is 24.6 Å². The molecule has 1 N–H and O–H groups in total. The van der Waals surface area contributed by atoms with Crippen molar-refractivity contribution in [1.29, 1.82) is 0 Å². The van der Waals surface area contributed by atoms with Gasteiger partial charge in [-0.3, -0.25) is 9.80 Å². The molecule has 0 saturated carbocycles. The molecular formula is C18H27N3. The normalized spacial score (nSPS) is 33.9. The number of nitrogens with zero attached hydrogens (tertiary/aromatic N) is 2. The van der Waals surface area contributed by atoms with E-state index in [1.165, 1.54) is 56.6 Å². The molecule has 0 amide bonds. The monoisotopic (exact) mass is 285 g/mol. The van der Waals surface area contributed by atoms with E-state index < -0.39 is 0 Å². The molecule has 3 aliphatic rings. The van der Waals surface area contributed by atoms with Gasteiger partial charge in [0.25, 0.3) is 0 Å². The van der Waals surface area contributed by atoms with Crippen LogP contribution < -0.4 is 5.32 Å². The first-order chi connectivity index (χ1) is 10.3. The maximum atomic E-state index is 3.65. The molecule has 4 rings (SSSR count). The van der Waals surface area contributed by atoms with E-state index in [1.807, 2.05) is 0 Å². The highest BCUT2D eigenvalue weighted by molar-refractivity contribution is 5.53. The molecule has 2 fully saturated rings. The summed E-state index contributed by atoms with van der Waals surface area (Å²) in [7, 11) is 0. The van der Waals surface area contributed by atoms with Crippen molar-refractivity contribution < 1.29 is 0 Å². The summed E-state index contributed by atoms with van der Waals surface area (Å²) in [6.07, 6.45) is 5.44. The van der Waals surface area contributed by atoms with Crippen LogP contribution in [0.1, 0.15) is 31.7 Å². The number of hydrogen-bond acceptors (Lipinski definition) is 3. The first-order valence-corrected chi connectivity index (χ1v) is 8.63. The molecule has 1 aromatic carbocycles. The highest BCUT2D eigenvalue weighted by atomic mass is 15.3. The maximum Gasteiger partial charge on any atom is 0.0373 e. The zero-order valence-corrected chi connectivity index (χ0v) is 13.1. The van der Waals surface area contributed by atoms with Gasteiger partial charge in [0.1, 0.15) is 0 Å². The molecule has 1 aromatic rings. The number of nitrogens with one attached hydrogen (secondary N) is 1. The van der Waals surface area contributed by atoms with Crippen molar-refractivity contribution in [2.24, 2.45) is 0 Å². The molecule has 3 heterocycles. The molecule has 114 valence electrons. The Labute approximate surface area is 128 Å². The van der Waals surface area contributed by atoms with E-state index in [-0.39, 0.29) is 0 Å². The van der Waals surface area contributed by atoms with Crippen LogP contribution in [0.3, 0.4) is 0 Å². The summed E-state index contributed by atoms with van der Waals surface area (Å²) in [5, 5.41) is 3.65. The second kappa shape index (κ2) is 5.62. The minimum atomic E-state index is 0.666. The van der Waals surface area contributed by atoms with Gasteiger partial charge >= 0.3 is 0 Å². The first kappa shape index (κ1) is 13.6. The van der Waals surface area contributed by atoms with Crippen molar-refractivity contribution in [1.82, 2.24) is 9.80 Å². The number of anilines is 1. The van der Waals surface area contributed by atoms with Crippen LogP contribution in [-0.4, -0.2) is 54.1 Å². The summed E-state index contributed by atoms with van der Waals surface area (Å²) in [5.41, 5.74) is 2.84. The SMILES string of the molecule is CC1CN2CCCCC2CN1C1CNc2ccccc2C1. The number of rotatable bonds is 1. The lowest BCUT2D eigenvalue weighted by atomic mass is 9.92. The zero-order chi connectivity index (χ0) is 14.2. The molecule has 0 aromatic heterocycles. The average Bonchev–Trinajstić information content (AvgIpc) is 2.54. The van der Waals surface area contributed by atoms with Gasteiger partial charge < -0.3 is 5.32 Å². The molecule has 3 atom stereocenters. The number of para-hydroxylation sites is 1. The van der Waals surface area contributed by atoms with Gasteiger partial charge in [0.05, 0.1) is 0 Å². The van der Waals surface area contributed by atoms with Gasteiger partial charge in [-0.15, -0.1) is 0 Å². The summed E-state index contributed by atoms with van der Waals surface area (Å²) in [5.74, 6) is 0. The van der Waals surface area contributed by atoms with E-state index >= 15 is 0 Å². The molecule has 3 heteroatoms. The Bertz CT molecular complexity index is 501. The topological polar surface area (TPSA) is 18.5 Å². The summed E-state index contributed by atoms with van der Waals surface area (Å²) in [6.45, 7) is 7.40. The third kappa shape index (κ3) is 2.58. The van der Waals surface area contributed by atoms with Gasteiger partial charge in [0, 0.05) is 43.4 Å². The van der Waals surface area contributed by atoms with Gasteiger partial charge in [0.2, 0.25) is 0 Å². The van der Waals surface area contributed by atoms with Gasteiger partial charge in [-0.05, 0) is 44.4 Å². The van der Waals surface area contributed by atoms with E-state index in [0.29, 0.717) is 12.1 Å². The molecular weight excluding hydrogens is 258 g/mol. The molecule has 21 heavy (non-hydrogen) atoms. The van der Waals surface area contributed by atoms with Crippen LogP contribution in [0.4, 0.5) is 5.69 Å². The van der Waals surface area contributed by atoms with E-state index in [9.17, 15) is 0 Å². The lowest BCUT2D eigenvalue weighted by molar-refractivity contribution is -0.00560. The van der Waals surface area contributed by atoms with E-state index in [4.69, 9.17) is 0 Å². The van der Waals surface area contributed by atoms with Gasteiger partial charge in [-0.2, -0.15) is 0 Å². The van der Waals surface area contributed by atoms with Crippen molar-refractivity contribution in [2.75, 3.05) is 31.5 Å². The fraction of sp³-hybridized carbons (Fsp3) is 0.667. The summed E-state index contributed by atoms with van der Waals surface area (Å²) in [4.78, 5) is 5.53. The highest BCUT2D eigenvalue weighted by Crippen LogP contribution is 2.29. The second-order valence-electron chi connectivity index (χ2n) is 7.09. The first-order valence-electron chi connectivity index (χ1n) is 8.63. The number of fused-ring (bicyclic) bond motifs is 2. The van der Waals surface area contributed by atoms with Crippen LogP contribution in [0.25, 0.3) is 0 Å². The lowest BCUT2D eigenvalue weighted by Crippen LogP contribution is -2.62. The summed E-state index contributed by atoms with van der Waals surface area (Å²) >= 11 is 0. The molecule has 3 nitrogen and oxygen atoms in total. The van der Waals surface area contributed by atoms with Crippen LogP contribution in [0.15, 0.2) is 24.3 Å². The Morgan fingerprint density at radius 1 is 1.10 bits per heavy atom. The molecule has 3 aliphatic heterocycles. The highest BCUT2D eigenvalue weighted by Gasteiger charge is 2.36. The maximum absolute atomic E-state index is 3.65. The predicted octanol–water partition coefficient (Wildman–Crippen LogP) is 2.58. The van der Waals surface area contributed by atoms with E-state index in [1.54, 1.807) is 0 Å². The van der Waals surface area contributed by atoms with E-state index in [2.05, 4.69) is 46.3 Å². The minimum absolute atomic E-state index is 0.666. The van der Waals surface area contributed by atoms with Crippen LogP contribution in [0, 0.1) is 0 Å². The number of piperazine rings is 1. The fourth-order valence-corrected chi connectivity index (χ4v) is 4.54. The van der Waals surface area contributed by atoms with Crippen molar-refractivity contribution in [3.63, 3.8) is 0 Å². The summed E-state index contributed by atoms with van der Waals surface area (Å²) in [6, 6.07) is 11.0. The van der Waals surface area contributed by atoms with Gasteiger partial charge in [-0.25, -0.2) is 0 Å². The smallest absolute Gasteiger partial charge is 0.0373 e. The Balaban J connectivity index is 1.49. The Morgan fingerprint density at radius 2 is 2.00 bits per heavy atom. The Kier molecular flexibility index (Phi) is 3.64. The van der Waals surface area contributed by atoms with Gasteiger partial charge in [0.15, 0.2) is 0 Å². The zero-order valence-electron chi connectivity index (χ0n) is 13.1. The quantitative estimate of drug-likeness (QED) is 0.855. The Hall–Kier alpha value is -1.06. The number of hydrogen-bond donors (Lipinski definition) is 1. The van der Waals surface area contributed by atoms with Crippen LogP contribution in [0.2, 0.25) is 0 Å². The van der Waals surface area contributed by atoms with Crippen molar-refractivity contribution in [3.8, 4) is 0 Å². The number of benzene rings is 1. The van der Waals surface area contributed by atoms with Crippen molar-refractivity contribution >= 4 is 5.69 Å². The predicted molar refractivity (Wildman–Crippen MR) is 87.8 cm³/mol. The van der Waals surface area contributed by atoms with Crippen LogP contribution in [-0.2, 0) is 6.42 Å². The summed E-state index contributed by atoms with van der Waals surface area (Å²) < 4.78 is 0. The largest absolute Gasteiger partial charge is 0.383 e. The molecule has 0 spiro atoms. The third-order valence-corrected chi connectivity index (χ3v) is 5.71. The fourth-order valence-electron chi connectivity index (χ4n) is 4.54. The molecule has 0 bridgehead atoms. The van der Waals surface area contributed by atoms with Crippen molar-refractivity contribution in [2.45, 2.75) is 50.7 Å². The lowest BCUT2D eigenvalue weighted by Gasteiger charge is -2.50. The third-order valence-electron chi connectivity index (χ3n) is 5.71. The molecule has 2 saturated heterocycles.